The first-order valence-electron chi connectivity index (χ1n) is 15.1. The first-order valence-corrected chi connectivity index (χ1v) is 15.1. The average Bonchev–Trinajstić information content (AvgIpc) is 3.28. The Bertz CT molecular complexity index is 1280. The predicted octanol–water partition coefficient (Wildman–Crippen LogP) is 10.8. The summed E-state index contributed by atoms with van der Waals surface area (Å²) in [5.74, 6) is 1.63. The maximum absolute atomic E-state index is 4.62. The van der Waals surface area contributed by atoms with Crippen molar-refractivity contribution in [2.45, 2.75) is 92.4 Å². The van der Waals surface area contributed by atoms with Crippen LogP contribution in [0.1, 0.15) is 93.5 Å². The highest BCUT2D eigenvalue weighted by atomic mass is 14.3. The van der Waals surface area contributed by atoms with Crippen LogP contribution in [0.2, 0.25) is 0 Å². The van der Waals surface area contributed by atoms with E-state index in [0.717, 1.165) is 25.2 Å². The lowest BCUT2D eigenvalue weighted by Gasteiger charge is -2.33. The molecule has 3 aliphatic rings. The van der Waals surface area contributed by atoms with Gasteiger partial charge in [0.2, 0.25) is 0 Å². The van der Waals surface area contributed by atoms with Crippen molar-refractivity contribution in [3.05, 3.63) is 100 Å². The van der Waals surface area contributed by atoms with E-state index in [0.29, 0.717) is 17.3 Å². The lowest BCUT2D eigenvalue weighted by molar-refractivity contribution is 0.334. The monoisotopic (exact) mass is 504 g/mol. The molecule has 0 nitrogen and oxygen atoms in total. The number of benzene rings is 2. The smallest absolute Gasteiger partial charge is 0.00827 e. The van der Waals surface area contributed by atoms with Crippen LogP contribution in [-0.2, 0) is 12.8 Å². The van der Waals surface area contributed by atoms with Gasteiger partial charge >= 0.3 is 0 Å². The second-order valence-electron chi connectivity index (χ2n) is 13.8. The van der Waals surface area contributed by atoms with E-state index in [4.69, 9.17) is 0 Å². The van der Waals surface area contributed by atoms with Crippen LogP contribution in [0, 0.1) is 37.0 Å². The summed E-state index contributed by atoms with van der Waals surface area (Å²) < 4.78 is 0. The molecule has 1 saturated carbocycles. The fourth-order valence-electron chi connectivity index (χ4n) is 7.37. The minimum atomic E-state index is 0.292. The van der Waals surface area contributed by atoms with Crippen LogP contribution in [0.4, 0.5) is 0 Å². The number of aryl methyl sites for hydroxylation is 2. The number of hydrogen-bond donors (Lipinski definition) is 0. The molecular weight excluding hydrogens is 456 g/mol. The maximum Gasteiger partial charge on any atom is 0.00827 e. The van der Waals surface area contributed by atoms with E-state index in [2.05, 4.69) is 96.3 Å². The zero-order valence-electron chi connectivity index (χ0n) is 24.6. The second-order valence-corrected chi connectivity index (χ2v) is 13.8. The first-order chi connectivity index (χ1) is 18.1. The van der Waals surface area contributed by atoms with Gasteiger partial charge in [-0.1, -0.05) is 131 Å². The molecule has 5 rings (SSSR count). The molecule has 0 aliphatic heterocycles. The summed E-state index contributed by atoms with van der Waals surface area (Å²) in [6, 6.07) is 11.8. The van der Waals surface area contributed by atoms with Gasteiger partial charge in [0.1, 0.15) is 0 Å². The fourth-order valence-corrected chi connectivity index (χ4v) is 7.37. The van der Waals surface area contributed by atoms with Gasteiger partial charge in [0, 0.05) is 5.92 Å². The summed E-state index contributed by atoms with van der Waals surface area (Å²) >= 11 is 0. The van der Waals surface area contributed by atoms with E-state index in [-0.39, 0.29) is 0 Å². The summed E-state index contributed by atoms with van der Waals surface area (Å²) in [4.78, 5) is 0. The number of fused-ring (bicyclic) bond motifs is 1. The van der Waals surface area contributed by atoms with Crippen LogP contribution in [0.5, 0.6) is 0 Å². The van der Waals surface area contributed by atoms with E-state index < -0.39 is 0 Å². The van der Waals surface area contributed by atoms with Gasteiger partial charge in [-0.15, -0.1) is 0 Å². The number of hydrogen-bond acceptors (Lipinski definition) is 0. The Labute approximate surface area is 232 Å². The molecule has 0 amide bonds. The van der Waals surface area contributed by atoms with Crippen LogP contribution >= 0.6 is 0 Å². The summed E-state index contributed by atoms with van der Waals surface area (Å²) in [7, 11) is 0. The van der Waals surface area contributed by atoms with Gasteiger partial charge in [0.15, 0.2) is 0 Å². The molecule has 2 aromatic carbocycles. The van der Waals surface area contributed by atoms with Crippen molar-refractivity contribution < 1.29 is 0 Å². The Balaban J connectivity index is 1.40. The van der Waals surface area contributed by atoms with Crippen molar-refractivity contribution >= 4 is 6.08 Å². The molecule has 2 unspecified atom stereocenters. The Morgan fingerprint density at radius 1 is 0.921 bits per heavy atom. The highest BCUT2D eigenvalue weighted by Gasteiger charge is 2.30. The average molecular weight is 505 g/mol. The minimum absolute atomic E-state index is 0.292. The summed E-state index contributed by atoms with van der Waals surface area (Å²) in [6.45, 7) is 20.7. The van der Waals surface area contributed by atoms with Gasteiger partial charge in [-0.05, 0) is 95.7 Å². The minimum Gasteiger partial charge on any atom is -0.0986 e. The Morgan fingerprint density at radius 3 is 2.42 bits per heavy atom. The van der Waals surface area contributed by atoms with Crippen LogP contribution in [0.3, 0.4) is 0 Å². The molecule has 0 spiro atoms. The fraction of sp³-hybridized carbons (Fsp3) is 0.474. The molecule has 0 bridgehead atoms. The van der Waals surface area contributed by atoms with Crippen molar-refractivity contribution in [3.63, 3.8) is 0 Å². The molecule has 2 atom stereocenters. The zero-order valence-corrected chi connectivity index (χ0v) is 24.6. The van der Waals surface area contributed by atoms with Crippen molar-refractivity contribution in [1.82, 2.24) is 0 Å². The Hall–Kier alpha value is -2.60. The third-order valence-corrected chi connectivity index (χ3v) is 9.31. The van der Waals surface area contributed by atoms with Crippen molar-refractivity contribution in [3.8, 4) is 11.1 Å². The molecule has 0 saturated heterocycles. The van der Waals surface area contributed by atoms with Gasteiger partial charge in [0.25, 0.3) is 0 Å². The quantitative estimate of drug-likeness (QED) is 0.343. The van der Waals surface area contributed by atoms with Crippen LogP contribution in [0.25, 0.3) is 17.2 Å². The predicted molar refractivity (Wildman–Crippen MR) is 166 cm³/mol. The van der Waals surface area contributed by atoms with E-state index in [9.17, 15) is 0 Å². The lowest BCUT2D eigenvalue weighted by atomic mass is 9.71. The summed E-state index contributed by atoms with van der Waals surface area (Å²) in [6.07, 6.45) is 18.6. The highest BCUT2D eigenvalue weighted by molar-refractivity contribution is 5.80. The van der Waals surface area contributed by atoms with Gasteiger partial charge in [0.05, 0.1) is 0 Å². The molecule has 1 fully saturated rings. The van der Waals surface area contributed by atoms with Gasteiger partial charge in [-0.2, -0.15) is 0 Å². The molecule has 200 valence electrons. The van der Waals surface area contributed by atoms with Crippen LogP contribution in [-0.4, -0.2) is 0 Å². The van der Waals surface area contributed by atoms with Gasteiger partial charge in [-0.3, -0.25) is 0 Å². The number of rotatable bonds is 6. The molecule has 0 N–H and O–H groups in total. The van der Waals surface area contributed by atoms with Gasteiger partial charge in [-0.25, -0.2) is 0 Å². The van der Waals surface area contributed by atoms with E-state index >= 15 is 0 Å². The van der Waals surface area contributed by atoms with Crippen molar-refractivity contribution in [2.24, 2.45) is 23.2 Å². The molecule has 38 heavy (non-hydrogen) atoms. The van der Waals surface area contributed by atoms with Crippen LogP contribution in [0.15, 0.2) is 72.4 Å². The van der Waals surface area contributed by atoms with Crippen molar-refractivity contribution in [2.75, 3.05) is 0 Å². The lowest BCUT2D eigenvalue weighted by Crippen LogP contribution is -2.21. The first kappa shape index (κ1) is 27.0. The largest absolute Gasteiger partial charge is 0.0986 e. The van der Waals surface area contributed by atoms with Crippen molar-refractivity contribution in [1.29, 1.82) is 0 Å². The molecule has 3 aliphatic carbocycles. The molecule has 2 aromatic rings. The maximum atomic E-state index is 4.62. The number of allylic oxidation sites excluding steroid dienone is 5. The molecule has 0 radical (unpaired) electrons. The molecular formula is C38H48. The van der Waals surface area contributed by atoms with E-state index in [1.54, 1.807) is 5.56 Å². The van der Waals surface area contributed by atoms with Crippen LogP contribution < -0.4 is 0 Å². The normalized spacial score (nSPS) is 22.1. The third-order valence-electron chi connectivity index (χ3n) is 9.31. The van der Waals surface area contributed by atoms with Gasteiger partial charge < -0.3 is 0 Å². The molecule has 0 aromatic heterocycles. The van der Waals surface area contributed by atoms with E-state index in [1.165, 1.54) is 88.6 Å². The van der Waals surface area contributed by atoms with E-state index in [1.807, 2.05) is 0 Å². The SMILES string of the molecule is C=C1C=CC(CC(C)(C)C)C(=C)C1CC1=Cc2cccc(-c3cc(C)cc(C)c3CC3CCCCC3)c2C1. The molecule has 0 heteroatoms. The summed E-state index contributed by atoms with van der Waals surface area (Å²) in [5, 5.41) is 0. The molecule has 0 heterocycles. The zero-order chi connectivity index (χ0) is 27.0. The Kier molecular flexibility index (Phi) is 7.72. The summed E-state index contributed by atoms with van der Waals surface area (Å²) in [5.41, 5.74) is 14.7. The highest BCUT2D eigenvalue weighted by Crippen LogP contribution is 2.44. The Morgan fingerprint density at radius 2 is 1.68 bits per heavy atom. The topological polar surface area (TPSA) is 0 Å². The second kappa shape index (κ2) is 10.9. The standard InChI is InChI=1S/C38H48/c1-25-18-27(3)35(21-29-12-9-8-10-13-29)37(19-25)33-15-11-14-31-20-30(23-36(31)33)22-34-26(2)16-17-32(28(34)4)24-38(5,6)7/h11,14-20,29,32,34H,2,4,8-10,12-13,21-24H2,1,3,5-7H3. The third kappa shape index (κ3) is 5.85.